The summed E-state index contributed by atoms with van der Waals surface area (Å²) < 4.78 is 44.1. The van der Waals surface area contributed by atoms with Gasteiger partial charge in [-0.2, -0.15) is 18.2 Å². The van der Waals surface area contributed by atoms with Gasteiger partial charge in [0, 0.05) is 16.6 Å². The Hall–Kier alpha value is -2.19. The van der Waals surface area contributed by atoms with Gasteiger partial charge in [-0.3, -0.25) is 4.90 Å². The molecule has 0 N–H and O–H groups in total. The van der Waals surface area contributed by atoms with Crippen molar-refractivity contribution in [1.82, 2.24) is 15.0 Å². The lowest BCUT2D eigenvalue weighted by atomic mass is 10.1. The van der Waals surface area contributed by atoms with E-state index in [0.717, 1.165) is 22.2 Å². The molecule has 1 heterocycles. The third-order valence-electron chi connectivity index (χ3n) is 3.74. The predicted octanol–water partition coefficient (Wildman–Crippen LogP) is 5.15. The van der Waals surface area contributed by atoms with E-state index in [1.807, 2.05) is 36.2 Å². The molecule has 26 heavy (non-hydrogen) atoms. The molecule has 0 unspecified atom stereocenters. The summed E-state index contributed by atoms with van der Waals surface area (Å²) in [6, 6.07) is 12.6. The van der Waals surface area contributed by atoms with Gasteiger partial charge in [-0.1, -0.05) is 51.4 Å². The van der Waals surface area contributed by atoms with E-state index < -0.39 is 11.7 Å². The summed E-state index contributed by atoms with van der Waals surface area (Å²) in [5.41, 5.74) is 0.886. The highest BCUT2D eigenvalue weighted by molar-refractivity contribution is 9.10. The maximum Gasteiger partial charge on any atom is 0.416 e. The Morgan fingerprint density at radius 2 is 1.73 bits per heavy atom. The summed E-state index contributed by atoms with van der Waals surface area (Å²) in [6.07, 6.45) is -4.37. The van der Waals surface area contributed by atoms with Gasteiger partial charge in [0.15, 0.2) is 0 Å². The van der Waals surface area contributed by atoms with Crippen molar-refractivity contribution in [2.24, 2.45) is 0 Å². The molecule has 0 spiro atoms. The Kier molecular flexibility index (Phi) is 5.43. The normalized spacial score (nSPS) is 11.9. The van der Waals surface area contributed by atoms with E-state index >= 15 is 0 Å². The molecule has 0 saturated heterocycles. The van der Waals surface area contributed by atoms with Gasteiger partial charge in [0.1, 0.15) is 0 Å². The number of alkyl halides is 3. The molecule has 0 aliphatic heterocycles. The maximum absolute atomic E-state index is 12.6. The molecule has 3 aromatic rings. The van der Waals surface area contributed by atoms with Crippen LogP contribution in [0.5, 0.6) is 0 Å². The molecule has 0 radical (unpaired) electrons. The largest absolute Gasteiger partial charge is 0.416 e. The van der Waals surface area contributed by atoms with Gasteiger partial charge in [0.2, 0.25) is 11.7 Å². The first-order valence-electron chi connectivity index (χ1n) is 7.75. The van der Waals surface area contributed by atoms with Crippen LogP contribution in [-0.4, -0.2) is 22.1 Å². The molecule has 3 rings (SSSR count). The smallest absolute Gasteiger partial charge is 0.338 e. The molecule has 4 nitrogen and oxygen atoms in total. The second-order valence-corrected chi connectivity index (χ2v) is 6.70. The fourth-order valence-corrected chi connectivity index (χ4v) is 2.86. The van der Waals surface area contributed by atoms with Crippen molar-refractivity contribution < 1.29 is 17.7 Å². The lowest BCUT2D eigenvalue weighted by Crippen LogP contribution is -2.17. The van der Waals surface area contributed by atoms with Gasteiger partial charge >= 0.3 is 6.18 Å². The third kappa shape index (κ3) is 4.50. The second-order valence-electron chi connectivity index (χ2n) is 5.85. The average molecular weight is 426 g/mol. The Bertz CT molecular complexity index is 878. The van der Waals surface area contributed by atoms with Crippen LogP contribution in [0.25, 0.3) is 11.4 Å². The quantitative estimate of drug-likeness (QED) is 0.566. The first-order valence-corrected chi connectivity index (χ1v) is 8.54. The zero-order valence-electron chi connectivity index (χ0n) is 13.8. The monoisotopic (exact) mass is 425 g/mol. The van der Waals surface area contributed by atoms with Crippen LogP contribution >= 0.6 is 15.9 Å². The molecule has 1 aromatic heterocycles. The third-order valence-corrected chi connectivity index (χ3v) is 4.52. The van der Waals surface area contributed by atoms with Crippen LogP contribution < -0.4 is 0 Å². The van der Waals surface area contributed by atoms with Crippen molar-refractivity contribution in [3.05, 3.63) is 70.0 Å². The minimum Gasteiger partial charge on any atom is -0.338 e. The molecular formula is C18H15BrF3N3O. The topological polar surface area (TPSA) is 42.2 Å². The first-order chi connectivity index (χ1) is 12.3. The minimum atomic E-state index is -4.37. The van der Waals surface area contributed by atoms with Crippen molar-refractivity contribution in [1.29, 1.82) is 0 Å². The van der Waals surface area contributed by atoms with Gasteiger partial charge in [0.25, 0.3) is 0 Å². The van der Waals surface area contributed by atoms with E-state index in [9.17, 15) is 13.2 Å². The number of hydrogen-bond donors (Lipinski definition) is 0. The Morgan fingerprint density at radius 1 is 1.04 bits per heavy atom. The lowest BCUT2D eigenvalue weighted by molar-refractivity contribution is -0.137. The first kappa shape index (κ1) is 18.6. The fourth-order valence-electron chi connectivity index (χ4n) is 2.45. The number of aromatic nitrogens is 2. The Labute approximate surface area is 156 Å². The molecule has 0 bridgehead atoms. The van der Waals surface area contributed by atoms with Crippen LogP contribution in [0.15, 0.2) is 57.5 Å². The molecule has 136 valence electrons. The van der Waals surface area contributed by atoms with Gasteiger partial charge in [0.05, 0.1) is 12.1 Å². The zero-order chi connectivity index (χ0) is 18.7. The van der Waals surface area contributed by atoms with E-state index in [1.54, 1.807) is 0 Å². The summed E-state index contributed by atoms with van der Waals surface area (Å²) >= 11 is 3.51. The molecule has 8 heteroatoms. The van der Waals surface area contributed by atoms with E-state index in [2.05, 4.69) is 26.1 Å². The molecule has 0 amide bonds. The van der Waals surface area contributed by atoms with Crippen LogP contribution in [0.2, 0.25) is 0 Å². The highest BCUT2D eigenvalue weighted by Crippen LogP contribution is 2.30. The number of halogens is 4. The highest BCUT2D eigenvalue weighted by Gasteiger charge is 2.30. The molecular weight excluding hydrogens is 411 g/mol. The predicted molar refractivity (Wildman–Crippen MR) is 94.0 cm³/mol. The van der Waals surface area contributed by atoms with E-state index in [-0.39, 0.29) is 5.82 Å². The molecule has 2 aromatic carbocycles. The van der Waals surface area contributed by atoms with Crippen molar-refractivity contribution in [3.8, 4) is 11.4 Å². The van der Waals surface area contributed by atoms with Gasteiger partial charge in [-0.05, 0) is 30.8 Å². The minimum absolute atomic E-state index is 0.267. The summed E-state index contributed by atoms with van der Waals surface area (Å²) in [4.78, 5) is 6.27. The number of nitrogens with zero attached hydrogens (tertiary/aromatic N) is 3. The van der Waals surface area contributed by atoms with Gasteiger partial charge in [-0.25, -0.2) is 0 Å². The van der Waals surface area contributed by atoms with Crippen molar-refractivity contribution >= 4 is 15.9 Å². The Balaban J connectivity index is 1.67. The second kappa shape index (κ2) is 7.59. The number of rotatable bonds is 5. The summed E-state index contributed by atoms with van der Waals surface area (Å²) in [5, 5.41) is 3.85. The number of hydrogen-bond acceptors (Lipinski definition) is 4. The van der Waals surface area contributed by atoms with Crippen molar-refractivity contribution in [3.63, 3.8) is 0 Å². The standard InChI is InChI=1S/C18H15BrF3N3O/c1-25(10-13-4-2-3-5-15(13)19)11-16-23-17(24-26-16)12-6-8-14(9-7-12)18(20,21)22/h2-9H,10-11H2,1H3. The van der Waals surface area contributed by atoms with Crippen molar-refractivity contribution in [2.45, 2.75) is 19.3 Å². The van der Waals surface area contributed by atoms with Gasteiger partial charge < -0.3 is 4.52 Å². The summed E-state index contributed by atoms with van der Waals surface area (Å²) in [7, 11) is 1.92. The van der Waals surface area contributed by atoms with Gasteiger partial charge in [-0.15, -0.1) is 0 Å². The SMILES string of the molecule is CN(Cc1nc(-c2ccc(C(F)(F)F)cc2)no1)Cc1ccccc1Br. The van der Waals surface area contributed by atoms with Crippen LogP contribution in [0.3, 0.4) is 0 Å². The van der Waals surface area contributed by atoms with E-state index in [0.29, 0.717) is 24.5 Å². The zero-order valence-corrected chi connectivity index (χ0v) is 15.4. The van der Waals surface area contributed by atoms with E-state index in [1.165, 1.54) is 12.1 Å². The Morgan fingerprint density at radius 3 is 2.38 bits per heavy atom. The summed E-state index contributed by atoms with van der Waals surface area (Å²) in [6.45, 7) is 1.11. The molecule has 0 aliphatic rings. The molecule has 0 atom stereocenters. The van der Waals surface area contributed by atoms with Crippen molar-refractivity contribution in [2.75, 3.05) is 7.05 Å². The van der Waals surface area contributed by atoms with Crippen LogP contribution in [0.4, 0.5) is 13.2 Å². The van der Waals surface area contributed by atoms with Crippen LogP contribution in [0, 0.1) is 0 Å². The van der Waals surface area contributed by atoms with Crippen LogP contribution in [-0.2, 0) is 19.3 Å². The summed E-state index contributed by atoms with van der Waals surface area (Å²) in [5.74, 6) is 0.664. The fraction of sp³-hybridized carbons (Fsp3) is 0.222. The highest BCUT2D eigenvalue weighted by atomic mass is 79.9. The average Bonchev–Trinajstić information content (AvgIpc) is 3.05. The number of benzene rings is 2. The maximum atomic E-state index is 12.6. The lowest BCUT2D eigenvalue weighted by Gasteiger charge is -2.15. The molecule has 0 aliphatic carbocycles. The molecule has 0 fully saturated rings. The van der Waals surface area contributed by atoms with E-state index in [4.69, 9.17) is 4.52 Å². The van der Waals surface area contributed by atoms with Crippen LogP contribution in [0.1, 0.15) is 17.0 Å². The molecule has 0 saturated carbocycles.